The Labute approximate surface area is 120 Å². The van der Waals surface area contributed by atoms with Gasteiger partial charge in [-0.3, -0.25) is 0 Å². The van der Waals surface area contributed by atoms with Crippen LogP contribution >= 0.6 is 0 Å². The average molecular weight is 289 g/mol. The van der Waals surface area contributed by atoms with Gasteiger partial charge in [0.2, 0.25) is 0 Å². The summed E-state index contributed by atoms with van der Waals surface area (Å²) in [6.45, 7) is 0. The van der Waals surface area contributed by atoms with E-state index in [0.29, 0.717) is 17.5 Å². The molecule has 2 N–H and O–H groups in total. The lowest BCUT2D eigenvalue weighted by atomic mass is 9.99. The molecule has 1 atom stereocenters. The minimum absolute atomic E-state index is 0.277. The maximum Gasteiger partial charge on any atom is 0.405 e. The Morgan fingerprint density at radius 2 is 2.00 bits per heavy atom. The molecular formula is C16H13F2NO2. The van der Waals surface area contributed by atoms with Crippen molar-refractivity contribution in [3.05, 3.63) is 59.2 Å². The summed E-state index contributed by atoms with van der Waals surface area (Å²) in [5.74, 6) is -1.25. The van der Waals surface area contributed by atoms with E-state index in [-0.39, 0.29) is 6.04 Å². The molecule has 0 heterocycles. The van der Waals surface area contributed by atoms with E-state index in [4.69, 9.17) is 5.11 Å². The molecule has 1 amide bonds. The summed E-state index contributed by atoms with van der Waals surface area (Å²) >= 11 is 0. The molecule has 1 aliphatic rings. The number of carbonyl (C=O) groups is 1. The standard InChI is InChI=1S/C16H13F2NO2/c17-11-4-5-12(14(18)8-11)10-2-1-9-3-6-15(13(9)7-10)19-16(20)21/h1-2,4-5,7-8,15,19H,3,6H2,(H,20,21). The molecule has 0 spiro atoms. The molecule has 2 aromatic carbocycles. The monoisotopic (exact) mass is 289 g/mol. The Balaban J connectivity index is 2.01. The van der Waals surface area contributed by atoms with Gasteiger partial charge in [0.1, 0.15) is 11.6 Å². The first-order valence-electron chi connectivity index (χ1n) is 6.62. The van der Waals surface area contributed by atoms with E-state index in [1.165, 1.54) is 12.1 Å². The number of halogens is 2. The van der Waals surface area contributed by atoms with Crippen LogP contribution in [0.3, 0.4) is 0 Å². The number of benzene rings is 2. The minimum Gasteiger partial charge on any atom is -0.465 e. The van der Waals surface area contributed by atoms with Crippen LogP contribution in [-0.4, -0.2) is 11.2 Å². The molecular weight excluding hydrogens is 276 g/mol. The molecule has 0 aliphatic heterocycles. The second-order valence-electron chi connectivity index (χ2n) is 5.08. The van der Waals surface area contributed by atoms with Crippen molar-refractivity contribution in [3.63, 3.8) is 0 Å². The fourth-order valence-electron chi connectivity index (χ4n) is 2.79. The molecule has 1 aliphatic carbocycles. The first-order chi connectivity index (χ1) is 10.0. The van der Waals surface area contributed by atoms with Crippen molar-refractivity contribution in [2.24, 2.45) is 0 Å². The van der Waals surface area contributed by atoms with Gasteiger partial charge < -0.3 is 10.4 Å². The van der Waals surface area contributed by atoms with Gasteiger partial charge in [-0.1, -0.05) is 12.1 Å². The van der Waals surface area contributed by atoms with Crippen LogP contribution in [0.2, 0.25) is 0 Å². The molecule has 0 saturated carbocycles. The summed E-state index contributed by atoms with van der Waals surface area (Å²) in [4.78, 5) is 10.8. The van der Waals surface area contributed by atoms with Crippen molar-refractivity contribution >= 4 is 6.09 Å². The molecule has 3 nitrogen and oxygen atoms in total. The van der Waals surface area contributed by atoms with Gasteiger partial charge in [0.15, 0.2) is 0 Å². The van der Waals surface area contributed by atoms with Crippen LogP contribution in [0.15, 0.2) is 36.4 Å². The number of carboxylic acid groups (broad SMARTS) is 1. The predicted molar refractivity (Wildman–Crippen MR) is 74.0 cm³/mol. The fraction of sp³-hybridized carbons (Fsp3) is 0.188. The summed E-state index contributed by atoms with van der Waals surface area (Å²) in [5, 5.41) is 11.3. The van der Waals surface area contributed by atoms with E-state index < -0.39 is 17.7 Å². The van der Waals surface area contributed by atoms with Gasteiger partial charge >= 0.3 is 6.09 Å². The van der Waals surface area contributed by atoms with Gasteiger partial charge in [-0.05, 0) is 47.7 Å². The van der Waals surface area contributed by atoms with E-state index >= 15 is 0 Å². The van der Waals surface area contributed by atoms with Crippen molar-refractivity contribution in [2.75, 3.05) is 0 Å². The smallest absolute Gasteiger partial charge is 0.405 e. The number of fused-ring (bicyclic) bond motifs is 1. The molecule has 108 valence electrons. The molecule has 0 aromatic heterocycles. The lowest BCUT2D eigenvalue weighted by Crippen LogP contribution is -2.24. The third-order valence-electron chi connectivity index (χ3n) is 3.76. The van der Waals surface area contributed by atoms with Gasteiger partial charge in [-0.15, -0.1) is 0 Å². The lowest BCUT2D eigenvalue weighted by molar-refractivity contribution is 0.190. The second kappa shape index (κ2) is 5.16. The second-order valence-corrected chi connectivity index (χ2v) is 5.08. The number of hydrogen-bond acceptors (Lipinski definition) is 1. The van der Waals surface area contributed by atoms with Crippen molar-refractivity contribution in [3.8, 4) is 11.1 Å². The predicted octanol–water partition coefficient (Wildman–Crippen LogP) is 3.89. The zero-order chi connectivity index (χ0) is 15.0. The third kappa shape index (κ3) is 2.59. The summed E-state index contributed by atoms with van der Waals surface area (Å²) in [6, 6.07) is 8.59. The molecule has 0 fully saturated rings. The van der Waals surface area contributed by atoms with Crippen molar-refractivity contribution in [1.29, 1.82) is 0 Å². The molecule has 0 bridgehead atoms. The van der Waals surface area contributed by atoms with Crippen LogP contribution in [0, 0.1) is 11.6 Å². The molecule has 1 unspecified atom stereocenters. The molecule has 2 aromatic rings. The fourth-order valence-corrected chi connectivity index (χ4v) is 2.79. The van der Waals surface area contributed by atoms with Crippen LogP contribution in [-0.2, 0) is 6.42 Å². The highest BCUT2D eigenvalue weighted by Crippen LogP contribution is 2.35. The maximum atomic E-state index is 13.8. The van der Waals surface area contributed by atoms with Crippen molar-refractivity contribution < 1.29 is 18.7 Å². The van der Waals surface area contributed by atoms with E-state index in [1.807, 2.05) is 6.07 Å². The lowest BCUT2D eigenvalue weighted by Gasteiger charge is -2.13. The van der Waals surface area contributed by atoms with Gasteiger partial charge in [0.25, 0.3) is 0 Å². The summed E-state index contributed by atoms with van der Waals surface area (Å²) in [7, 11) is 0. The van der Waals surface area contributed by atoms with Crippen LogP contribution in [0.25, 0.3) is 11.1 Å². The zero-order valence-corrected chi connectivity index (χ0v) is 11.1. The van der Waals surface area contributed by atoms with Crippen molar-refractivity contribution in [2.45, 2.75) is 18.9 Å². The van der Waals surface area contributed by atoms with Gasteiger partial charge in [-0.2, -0.15) is 0 Å². The SMILES string of the molecule is O=C(O)NC1CCc2ccc(-c3ccc(F)cc3F)cc21. The number of rotatable bonds is 2. The Hall–Kier alpha value is -2.43. The number of aryl methyl sites for hydroxylation is 1. The van der Waals surface area contributed by atoms with Gasteiger partial charge in [0.05, 0.1) is 6.04 Å². The van der Waals surface area contributed by atoms with E-state index in [9.17, 15) is 13.6 Å². The molecule has 0 radical (unpaired) electrons. The summed E-state index contributed by atoms with van der Waals surface area (Å²) < 4.78 is 26.8. The Morgan fingerprint density at radius 1 is 1.19 bits per heavy atom. The maximum absolute atomic E-state index is 13.8. The van der Waals surface area contributed by atoms with Crippen molar-refractivity contribution in [1.82, 2.24) is 5.32 Å². The topological polar surface area (TPSA) is 49.3 Å². The summed E-state index contributed by atoms with van der Waals surface area (Å²) in [6.07, 6.45) is 0.398. The largest absolute Gasteiger partial charge is 0.465 e. The van der Waals surface area contributed by atoms with Gasteiger partial charge in [-0.25, -0.2) is 13.6 Å². The Kier molecular flexibility index (Phi) is 3.33. The Bertz CT molecular complexity index is 715. The first-order valence-corrected chi connectivity index (χ1v) is 6.62. The van der Waals surface area contributed by atoms with Crippen LogP contribution in [0.4, 0.5) is 13.6 Å². The van der Waals surface area contributed by atoms with E-state index in [2.05, 4.69) is 5.32 Å². The minimum atomic E-state index is -1.08. The molecule has 5 heteroatoms. The molecule has 3 rings (SSSR count). The Morgan fingerprint density at radius 3 is 2.71 bits per heavy atom. The molecule has 21 heavy (non-hydrogen) atoms. The molecule has 0 saturated heterocycles. The van der Waals surface area contributed by atoms with E-state index in [1.54, 1.807) is 12.1 Å². The quantitative estimate of drug-likeness (QED) is 0.881. The zero-order valence-electron chi connectivity index (χ0n) is 11.1. The van der Waals surface area contributed by atoms with Crippen LogP contribution < -0.4 is 5.32 Å². The average Bonchev–Trinajstić information content (AvgIpc) is 2.80. The number of amides is 1. The summed E-state index contributed by atoms with van der Waals surface area (Å²) in [5.41, 5.74) is 2.84. The highest BCUT2D eigenvalue weighted by atomic mass is 19.1. The third-order valence-corrected chi connectivity index (χ3v) is 3.76. The first kappa shape index (κ1) is 13.5. The van der Waals surface area contributed by atoms with Gasteiger partial charge in [0, 0.05) is 11.6 Å². The highest BCUT2D eigenvalue weighted by Gasteiger charge is 2.24. The van der Waals surface area contributed by atoms with Crippen LogP contribution in [0.1, 0.15) is 23.6 Å². The van der Waals surface area contributed by atoms with Crippen LogP contribution in [0.5, 0.6) is 0 Å². The number of hydrogen-bond donors (Lipinski definition) is 2. The van der Waals surface area contributed by atoms with E-state index in [0.717, 1.165) is 23.6 Å². The normalized spacial score (nSPS) is 16.6. The highest BCUT2D eigenvalue weighted by molar-refractivity contribution is 5.68. The number of nitrogens with one attached hydrogen (secondary N) is 1.